The number of nitrogens with zero attached hydrogens (tertiary/aromatic N) is 3. The van der Waals surface area contributed by atoms with E-state index in [-0.39, 0.29) is 18.4 Å². The van der Waals surface area contributed by atoms with Gasteiger partial charge in [-0.15, -0.1) is 0 Å². The van der Waals surface area contributed by atoms with Gasteiger partial charge in [0.1, 0.15) is 17.1 Å². The van der Waals surface area contributed by atoms with Gasteiger partial charge in [0.05, 0.1) is 22.3 Å². The smallest absolute Gasteiger partial charge is 0.284 e. The van der Waals surface area contributed by atoms with Crippen LogP contribution in [0.5, 0.6) is 0 Å². The van der Waals surface area contributed by atoms with Gasteiger partial charge < -0.3 is 11.1 Å². The number of fused-ring (bicyclic) bond motifs is 1. The Morgan fingerprint density at radius 2 is 1.76 bits per heavy atom. The van der Waals surface area contributed by atoms with Crippen LogP contribution in [0.3, 0.4) is 0 Å². The first-order chi connectivity index (χ1) is 16.2. The van der Waals surface area contributed by atoms with Crippen molar-refractivity contribution in [3.63, 3.8) is 0 Å². The van der Waals surface area contributed by atoms with Crippen molar-refractivity contribution in [2.75, 3.05) is 11.9 Å². The number of carbonyl (C=O) groups excluding carboxylic acids is 1. The largest absolute Gasteiger partial charge is 0.325 e. The maximum Gasteiger partial charge on any atom is 0.284 e. The van der Waals surface area contributed by atoms with Crippen molar-refractivity contribution < 1.29 is 4.79 Å². The highest BCUT2D eigenvalue weighted by Crippen LogP contribution is 2.36. The lowest BCUT2D eigenvalue weighted by Gasteiger charge is -2.12. The molecule has 1 amide bonds. The Morgan fingerprint density at radius 3 is 2.35 bits per heavy atom. The Bertz CT molecular complexity index is 1370. The molecule has 0 aliphatic carbocycles. The molecule has 0 bridgehead atoms. The van der Waals surface area contributed by atoms with Crippen molar-refractivity contribution in [3.05, 3.63) is 78.9 Å². The number of benzene rings is 2. The van der Waals surface area contributed by atoms with E-state index in [2.05, 4.69) is 20.4 Å². The number of anilines is 1. The number of rotatable bonds is 6. The molecule has 0 atom stereocenters. The predicted molar refractivity (Wildman–Crippen MR) is 135 cm³/mol. The zero-order valence-corrected chi connectivity index (χ0v) is 20.6. The van der Waals surface area contributed by atoms with Crippen LogP contribution in [0.15, 0.2) is 41.2 Å². The molecule has 0 aromatic heterocycles. The zero-order valence-electron chi connectivity index (χ0n) is 18.3. The highest BCUT2D eigenvalue weighted by molar-refractivity contribution is 6.40. The quantitative estimate of drug-likeness (QED) is 0.343. The minimum atomic E-state index is -0.397. The molecule has 0 saturated carbocycles. The van der Waals surface area contributed by atoms with Crippen LogP contribution in [-0.2, 0) is 11.2 Å². The number of aromatic amines is 1. The van der Waals surface area contributed by atoms with Crippen LogP contribution in [0.4, 0.5) is 5.69 Å². The molecular formula is C23H21Cl3N6O2. The summed E-state index contributed by atoms with van der Waals surface area (Å²) in [6.07, 6.45) is 0.306. The van der Waals surface area contributed by atoms with Gasteiger partial charge in [0, 0.05) is 17.1 Å². The van der Waals surface area contributed by atoms with Gasteiger partial charge in [-0.1, -0.05) is 60.8 Å². The van der Waals surface area contributed by atoms with Gasteiger partial charge in [-0.3, -0.25) is 14.7 Å². The fourth-order valence-corrected chi connectivity index (χ4v) is 4.59. The van der Waals surface area contributed by atoms with Gasteiger partial charge in [-0.25, -0.2) is 9.67 Å². The van der Waals surface area contributed by atoms with Crippen molar-refractivity contribution >= 4 is 46.4 Å². The molecule has 0 fully saturated rings. The fraction of sp³-hybridized carbons (Fsp3) is 0.217. The molecule has 0 saturated heterocycles. The topological polar surface area (TPSA) is 119 Å². The lowest BCUT2D eigenvalue weighted by molar-refractivity contribution is -0.114. The Kier molecular flexibility index (Phi) is 6.95. The van der Waals surface area contributed by atoms with E-state index in [0.29, 0.717) is 55.8 Å². The molecule has 2 aliphatic heterocycles. The van der Waals surface area contributed by atoms with Crippen LogP contribution >= 0.6 is 34.8 Å². The van der Waals surface area contributed by atoms with Crippen LogP contribution in [0.2, 0.25) is 15.1 Å². The third-order valence-corrected chi connectivity index (χ3v) is 5.98. The summed E-state index contributed by atoms with van der Waals surface area (Å²) in [6.45, 7) is 3.82. The van der Waals surface area contributed by atoms with E-state index in [1.807, 2.05) is 26.0 Å². The van der Waals surface area contributed by atoms with Gasteiger partial charge in [0.25, 0.3) is 5.56 Å². The average Bonchev–Trinajstić information content (AvgIpc) is 3.14. The van der Waals surface area contributed by atoms with Gasteiger partial charge in [-0.05, 0) is 35.7 Å². The maximum atomic E-state index is 13.1. The molecule has 34 heavy (non-hydrogen) atoms. The summed E-state index contributed by atoms with van der Waals surface area (Å²) in [6, 6.07) is 10.3. The molecule has 2 heterocycles. The maximum absolute atomic E-state index is 13.1. The third-order valence-electron chi connectivity index (χ3n) is 5.18. The second-order valence-corrected chi connectivity index (χ2v) is 9.25. The molecule has 2 aromatic carbocycles. The number of nitrogens with one attached hydrogen (secondary N) is 2. The summed E-state index contributed by atoms with van der Waals surface area (Å²) in [5.74, 6) is 0.416. The third kappa shape index (κ3) is 4.81. The van der Waals surface area contributed by atoms with Gasteiger partial charge in [0.2, 0.25) is 5.91 Å². The van der Waals surface area contributed by atoms with E-state index in [0.717, 1.165) is 5.56 Å². The molecule has 176 valence electrons. The van der Waals surface area contributed by atoms with Gasteiger partial charge in [0.15, 0.2) is 5.82 Å². The molecule has 2 aliphatic rings. The number of hydrogen-bond acceptors (Lipinski definition) is 5. The summed E-state index contributed by atoms with van der Waals surface area (Å²) in [7, 11) is 0. The van der Waals surface area contributed by atoms with Crippen molar-refractivity contribution in [1.29, 1.82) is 0 Å². The van der Waals surface area contributed by atoms with Gasteiger partial charge in [-0.2, -0.15) is 4.98 Å². The summed E-state index contributed by atoms with van der Waals surface area (Å²) < 4.78 is 1.60. The number of aromatic nitrogens is 4. The second-order valence-electron chi connectivity index (χ2n) is 8.00. The molecule has 0 radical (unpaired) electrons. The highest BCUT2D eigenvalue weighted by atomic mass is 35.5. The van der Waals surface area contributed by atoms with E-state index in [9.17, 15) is 9.59 Å². The number of nitrogens with two attached hydrogens (primary N) is 1. The number of carbonyl (C=O) groups is 1. The molecule has 8 nitrogen and oxygen atoms in total. The monoisotopic (exact) mass is 518 g/mol. The van der Waals surface area contributed by atoms with E-state index in [1.54, 1.807) is 28.9 Å². The van der Waals surface area contributed by atoms with E-state index >= 15 is 0 Å². The van der Waals surface area contributed by atoms with Crippen LogP contribution in [0, 0.1) is 0 Å². The average molecular weight is 520 g/mol. The molecule has 11 heteroatoms. The lowest BCUT2D eigenvalue weighted by atomic mass is 10.1. The Balaban J connectivity index is 1.79. The Hall–Kier alpha value is -2.91. The van der Waals surface area contributed by atoms with E-state index in [4.69, 9.17) is 40.5 Å². The van der Waals surface area contributed by atoms with Crippen LogP contribution in [0.1, 0.15) is 36.8 Å². The first-order valence-corrected chi connectivity index (χ1v) is 11.6. The van der Waals surface area contributed by atoms with E-state index < -0.39 is 5.56 Å². The number of amides is 1. The standard InChI is InChI=1S/C23H21Cl3N6O2/c1-11(2)20-19-22(32(31-20)21-15(25)8-13(24)9-16(21)26)29-17(30-23(19)34)7-12-3-5-14(6-4-12)28-18(33)10-27/h3-6,8-9,11,31H,7,10,27H2,1-2H3,(H,28,33). The van der Waals surface area contributed by atoms with Gasteiger partial charge >= 0.3 is 0 Å². The second kappa shape index (κ2) is 9.76. The predicted octanol–water partition coefficient (Wildman–Crippen LogP) is 4.63. The van der Waals surface area contributed by atoms with Crippen molar-refractivity contribution in [2.24, 2.45) is 5.73 Å². The van der Waals surface area contributed by atoms with Crippen molar-refractivity contribution in [1.82, 2.24) is 19.7 Å². The fourth-order valence-electron chi connectivity index (χ4n) is 3.61. The molecule has 0 unspecified atom stereocenters. The normalized spacial score (nSPS) is 11.4. The number of hydrogen-bond donors (Lipinski definition) is 3. The molecule has 4 rings (SSSR count). The minimum Gasteiger partial charge on any atom is -0.325 e. The van der Waals surface area contributed by atoms with Crippen LogP contribution in [-0.4, -0.2) is 32.2 Å². The summed E-state index contributed by atoms with van der Waals surface area (Å²) >= 11 is 19.0. The van der Waals surface area contributed by atoms with Crippen LogP contribution < -0.4 is 16.6 Å². The van der Waals surface area contributed by atoms with Crippen LogP contribution in [0.25, 0.3) is 17.1 Å². The van der Waals surface area contributed by atoms with Crippen molar-refractivity contribution in [2.45, 2.75) is 26.2 Å². The van der Waals surface area contributed by atoms with Crippen molar-refractivity contribution in [3.8, 4) is 17.1 Å². The molecular weight excluding hydrogens is 499 g/mol. The highest BCUT2D eigenvalue weighted by Gasteiger charge is 2.27. The van der Waals surface area contributed by atoms with E-state index in [1.165, 1.54) is 0 Å². The summed E-state index contributed by atoms with van der Waals surface area (Å²) in [5, 5.41) is 6.92. The minimum absolute atomic E-state index is 0.00738. The Morgan fingerprint density at radius 1 is 1.12 bits per heavy atom. The number of H-pyrrole nitrogens is 1. The summed E-state index contributed by atoms with van der Waals surface area (Å²) in [5.41, 5.74) is 7.90. The zero-order chi connectivity index (χ0) is 24.6. The first kappa shape index (κ1) is 24.2. The number of halogens is 3. The molecule has 4 N–H and O–H groups in total. The SMILES string of the molecule is CC(C)c1[nH]n(-c2c(Cl)cc(Cl)cc2Cl)c2nc(Cc3ccc(NC(=O)CN)cc3)nc(=O)c1-2. The molecule has 0 spiro atoms. The Labute approximate surface area is 210 Å². The summed E-state index contributed by atoms with van der Waals surface area (Å²) in [4.78, 5) is 33.4. The lowest BCUT2D eigenvalue weighted by Crippen LogP contribution is -2.21. The molecule has 2 aromatic rings. The first-order valence-electron chi connectivity index (χ1n) is 10.4.